The molecule has 0 fully saturated rings. The molecule has 0 aromatic heterocycles. The average Bonchev–Trinajstić information content (AvgIpc) is 3.05. The van der Waals surface area contributed by atoms with Crippen LogP contribution in [0.25, 0.3) is 0 Å². The van der Waals surface area contributed by atoms with Crippen LogP contribution >= 0.6 is 0 Å². The molecule has 2 aromatic carbocycles. The summed E-state index contributed by atoms with van der Waals surface area (Å²) in [5, 5.41) is 14.8. The number of phenolic OH excluding ortho intramolecular Hbond substituents is 1. The normalized spacial score (nSPS) is 16.6. The number of methoxy groups -OCH3 is 1. The number of amides is 1. The van der Waals surface area contributed by atoms with Gasteiger partial charge in [0.1, 0.15) is 17.5 Å². The molecule has 1 atom stereocenters. The fourth-order valence-electron chi connectivity index (χ4n) is 3.16. The predicted octanol–water partition coefficient (Wildman–Crippen LogP) is 3.12. The van der Waals surface area contributed by atoms with Gasteiger partial charge in [0.05, 0.1) is 24.9 Å². The van der Waals surface area contributed by atoms with Gasteiger partial charge in [-0.05, 0) is 55.3 Å². The monoisotopic (exact) mass is 411 g/mol. The standard InChI is InChI=1S/C22H22FN3O4/c1-14(24-12-11-15-3-9-18(27)10-4-15)21-19(13-20(28)30-2)25-26(22(21)29)17-7-5-16(23)6-8-17/h3-10,21,27H,11-13H2,1-2H3. The third-order valence-corrected chi connectivity index (χ3v) is 4.76. The summed E-state index contributed by atoms with van der Waals surface area (Å²) in [5.74, 6) is -1.88. The molecule has 0 radical (unpaired) electrons. The summed E-state index contributed by atoms with van der Waals surface area (Å²) in [7, 11) is 1.27. The van der Waals surface area contributed by atoms with Gasteiger partial charge in [0.25, 0.3) is 5.91 Å². The molecule has 7 nitrogen and oxygen atoms in total. The van der Waals surface area contributed by atoms with Gasteiger partial charge in [-0.2, -0.15) is 10.1 Å². The fourth-order valence-corrected chi connectivity index (χ4v) is 3.16. The van der Waals surface area contributed by atoms with Crippen molar-refractivity contribution in [3.63, 3.8) is 0 Å². The van der Waals surface area contributed by atoms with Crippen molar-refractivity contribution < 1.29 is 23.8 Å². The Balaban J connectivity index is 1.79. The van der Waals surface area contributed by atoms with Crippen LogP contribution in [0, 0.1) is 11.7 Å². The number of rotatable bonds is 7. The van der Waals surface area contributed by atoms with E-state index in [1.54, 1.807) is 31.2 Å². The summed E-state index contributed by atoms with van der Waals surface area (Å²) < 4.78 is 18.0. The lowest BCUT2D eigenvalue weighted by atomic mass is 9.96. The van der Waals surface area contributed by atoms with Gasteiger partial charge in [-0.15, -0.1) is 0 Å². The van der Waals surface area contributed by atoms with Crippen molar-refractivity contribution in [2.45, 2.75) is 19.8 Å². The number of phenols is 1. The number of aliphatic imine (C=N–C) groups is 1. The number of hydrogen-bond donors (Lipinski definition) is 1. The zero-order valence-electron chi connectivity index (χ0n) is 16.7. The first-order valence-electron chi connectivity index (χ1n) is 9.41. The van der Waals surface area contributed by atoms with Crippen LogP contribution in [0.4, 0.5) is 10.1 Å². The molecule has 1 aliphatic heterocycles. The van der Waals surface area contributed by atoms with Gasteiger partial charge < -0.3 is 9.84 Å². The third kappa shape index (κ3) is 4.89. The van der Waals surface area contributed by atoms with E-state index in [-0.39, 0.29) is 18.1 Å². The van der Waals surface area contributed by atoms with Crippen molar-refractivity contribution in [2.24, 2.45) is 16.0 Å². The van der Waals surface area contributed by atoms with Crippen LogP contribution < -0.4 is 5.01 Å². The predicted molar refractivity (Wildman–Crippen MR) is 111 cm³/mol. The Morgan fingerprint density at radius 3 is 2.50 bits per heavy atom. The van der Waals surface area contributed by atoms with Gasteiger partial charge in [0, 0.05) is 12.3 Å². The van der Waals surface area contributed by atoms with Crippen LogP contribution in [-0.4, -0.2) is 42.1 Å². The molecular formula is C22H22FN3O4. The minimum absolute atomic E-state index is 0.143. The molecule has 0 aliphatic carbocycles. The first-order chi connectivity index (χ1) is 14.4. The van der Waals surface area contributed by atoms with Gasteiger partial charge in [-0.25, -0.2) is 4.39 Å². The molecule has 30 heavy (non-hydrogen) atoms. The minimum Gasteiger partial charge on any atom is -0.508 e. The molecule has 8 heteroatoms. The smallest absolute Gasteiger partial charge is 0.311 e. The van der Waals surface area contributed by atoms with Gasteiger partial charge in [-0.1, -0.05) is 12.1 Å². The van der Waals surface area contributed by atoms with Gasteiger partial charge >= 0.3 is 5.97 Å². The number of hydrogen-bond acceptors (Lipinski definition) is 6. The Morgan fingerprint density at radius 1 is 1.20 bits per heavy atom. The summed E-state index contributed by atoms with van der Waals surface area (Å²) in [6.07, 6.45) is 0.485. The maximum atomic E-state index is 13.2. The lowest BCUT2D eigenvalue weighted by Gasteiger charge is -2.14. The largest absolute Gasteiger partial charge is 0.508 e. The molecule has 1 aliphatic rings. The van der Waals surface area contributed by atoms with Crippen molar-refractivity contribution in [1.82, 2.24) is 0 Å². The van der Waals surface area contributed by atoms with E-state index in [0.29, 0.717) is 30.1 Å². The quantitative estimate of drug-likeness (QED) is 0.560. The van der Waals surface area contributed by atoms with Gasteiger partial charge in [0.15, 0.2) is 0 Å². The molecule has 1 unspecified atom stereocenters. The van der Waals surface area contributed by atoms with Crippen molar-refractivity contribution in [3.8, 4) is 5.75 Å². The first-order valence-corrected chi connectivity index (χ1v) is 9.41. The Kier molecular flexibility index (Phi) is 6.56. The van der Waals surface area contributed by atoms with E-state index in [1.807, 2.05) is 0 Å². The maximum Gasteiger partial charge on any atom is 0.311 e. The zero-order valence-corrected chi connectivity index (χ0v) is 16.7. The Labute approximate surface area is 173 Å². The molecule has 1 amide bonds. The maximum absolute atomic E-state index is 13.2. The van der Waals surface area contributed by atoms with Crippen LogP contribution in [-0.2, 0) is 20.7 Å². The summed E-state index contributed by atoms with van der Waals surface area (Å²) in [4.78, 5) is 29.4. The number of benzene rings is 2. The summed E-state index contributed by atoms with van der Waals surface area (Å²) in [5.41, 5.74) is 2.27. The second-order valence-electron chi connectivity index (χ2n) is 6.84. The molecular weight excluding hydrogens is 389 g/mol. The van der Waals surface area contributed by atoms with Crippen LogP contribution in [0.2, 0.25) is 0 Å². The first kappa shape index (κ1) is 21.2. The molecule has 3 rings (SSSR count). The highest BCUT2D eigenvalue weighted by Crippen LogP contribution is 2.26. The SMILES string of the molecule is COC(=O)CC1=NN(c2ccc(F)cc2)C(=O)C1C(C)=NCCc1ccc(O)cc1. The van der Waals surface area contributed by atoms with Crippen LogP contribution in [0.3, 0.4) is 0 Å². The lowest BCUT2D eigenvalue weighted by Crippen LogP contribution is -2.33. The van der Waals surface area contributed by atoms with E-state index in [0.717, 1.165) is 5.56 Å². The number of carbonyl (C=O) groups is 2. The number of aromatic hydroxyl groups is 1. The van der Waals surface area contributed by atoms with E-state index in [1.165, 1.54) is 36.4 Å². The van der Waals surface area contributed by atoms with E-state index >= 15 is 0 Å². The Morgan fingerprint density at radius 2 is 1.87 bits per heavy atom. The van der Waals surface area contributed by atoms with E-state index < -0.39 is 17.7 Å². The summed E-state index contributed by atoms with van der Waals surface area (Å²) in [6, 6.07) is 12.2. The molecule has 0 saturated heterocycles. The number of esters is 1. The van der Waals surface area contributed by atoms with E-state index in [2.05, 4.69) is 10.1 Å². The molecule has 0 bridgehead atoms. The highest BCUT2D eigenvalue weighted by molar-refractivity contribution is 6.30. The number of carbonyl (C=O) groups excluding carboxylic acids is 2. The van der Waals surface area contributed by atoms with Crippen molar-refractivity contribution >= 4 is 29.0 Å². The number of anilines is 1. The highest BCUT2D eigenvalue weighted by atomic mass is 19.1. The van der Waals surface area contributed by atoms with Crippen LogP contribution in [0.5, 0.6) is 5.75 Å². The number of ether oxygens (including phenoxy) is 1. The van der Waals surface area contributed by atoms with Crippen LogP contribution in [0.1, 0.15) is 18.9 Å². The average molecular weight is 411 g/mol. The summed E-state index contributed by atoms with van der Waals surface area (Å²) in [6.45, 7) is 2.16. The third-order valence-electron chi connectivity index (χ3n) is 4.76. The van der Waals surface area contributed by atoms with E-state index in [4.69, 9.17) is 4.74 Å². The zero-order chi connectivity index (χ0) is 21.7. The number of nitrogens with zero attached hydrogens (tertiary/aromatic N) is 3. The van der Waals surface area contributed by atoms with Crippen molar-refractivity contribution in [3.05, 3.63) is 59.9 Å². The molecule has 1 heterocycles. The van der Waals surface area contributed by atoms with E-state index in [9.17, 15) is 19.1 Å². The van der Waals surface area contributed by atoms with Crippen molar-refractivity contribution in [2.75, 3.05) is 18.7 Å². The number of hydrazone groups is 1. The second-order valence-corrected chi connectivity index (χ2v) is 6.84. The molecule has 156 valence electrons. The van der Waals surface area contributed by atoms with Gasteiger partial charge in [0.2, 0.25) is 0 Å². The summed E-state index contributed by atoms with van der Waals surface area (Å²) >= 11 is 0. The Hall–Kier alpha value is -3.55. The van der Waals surface area contributed by atoms with Crippen molar-refractivity contribution in [1.29, 1.82) is 0 Å². The highest BCUT2D eigenvalue weighted by Gasteiger charge is 2.39. The van der Waals surface area contributed by atoms with Crippen LogP contribution in [0.15, 0.2) is 58.6 Å². The van der Waals surface area contributed by atoms with Gasteiger partial charge in [-0.3, -0.25) is 14.6 Å². The topological polar surface area (TPSA) is 91.6 Å². The lowest BCUT2D eigenvalue weighted by molar-refractivity contribution is -0.139. The number of halogens is 1. The second kappa shape index (κ2) is 9.30. The fraction of sp³-hybridized carbons (Fsp3) is 0.273. The molecule has 0 saturated carbocycles. The minimum atomic E-state index is -0.783. The molecule has 0 spiro atoms. The molecule has 1 N–H and O–H groups in total. The Bertz CT molecular complexity index is 984. The molecule has 2 aromatic rings.